The van der Waals surface area contributed by atoms with Gasteiger partial charge in [-0.25, -0.2) is 5.48 Å². The zero-order valence-corrected chi connectivity index (χ0v) is 7.30. The van der Waals surface area contributed by atoms with Crippen molar-refractivity contribution in [2.24, 2.45) is 0 Å². The minimum Gasteiger partial charge on any atom is -0.391 e. The summed E-state index contributed by atoms with van der Waals surface area (Å²) in [5.74, 6) is -0.464. The van der Waals surface area contributed by atoms with Crippen LogP contribution in [0.2, 0.25) is 0 Å². The molecule has 0 radical (unpaired) electrons. The lowest BCUT2D eigenvalue weighted by Crippen LogP contribution is -2.26. The van der Waals surface area contributed by atoms with Crippen LogP contribution in [0.5, 0.6) is 0 Å². The molecule has 1 amide bonds. The van der Waals surface area contributed by atoms with Gasteiger partial charge < -0.3 is 5.11 Å². The van der Waals surface area contributed by atoms with E-state index in [9.17, 15) is 4.79 Å². The van der Waals surface area contributed by atoms with Crippen LogP contribution in [0.4, 0.5) is 0 Å². The Morgan fingerprint density at radius 1 is 1.67 bits per heavy atom. The number of aliphatic hydroxyl groups excluding tert-OH is 1. The number of rotatable bonds is 6. The number of nitrogens with one attached hydrogen (secondary N) is 1. The van der Waals surface area contributed by atoms with E-state index in [0.717, 1.165) is 12.8 Å². The van der Waals surface area contributed by atoms with Crippen LogP contribution in [-0.4, -0.2) is 24.2 Å². The van der Waals surface area contributed by atoms with Crippen molar-refractivity contribution < 1.29 is 14.7 Å². The second kappa shape index (κ2) is 6.82. The maximum absolute atomic E-state index is 10.8. The molecule has 0 aliphatic heterocycles. The molecule has 4 nitrogen and oxygen atoms in total. The van der Waals surface area contributed by atoms with Crippen LogP contribution in [0.15, 0.2) is 12.2 Å². The van der Waals surface area contributed by atoms with E-state index < -0.39 is 5.91 Å². The predicted molar refractivity (Wildman–Crippen MR) is 45.2 cm³/mol. The van der Waals surface area contributed by atoms with Crippen LogP contribution in [0.25, 0.3) is 0 Å². The molecule has 0 aliphatic carbocycles. The highest BCUT2D eigenvalue weighted by Gasteiger charge is 2.03. The first kappa shape index (κ1) is 11.1. The molecule has 0 fully saturated rings. The van der Waals surface area contributed by atoms with Gasteiger partial charge in [0.05, 0.1) is 13.2 Å². The standard InChI is InChI=1S/C8H15NO3/c1-3-4-5-12-9-8(11)7(2)6-10/h10H,2-6H2,1H3,(H,9,11). The SMILES string of the molecule is C=C(CO)C(=O)NOCCCC. The van der Waals surface area contributed by atoms with Gasteiger partial charge in [-0.05, 0) is 6.42 Å². The number of aliphatic hydroxyl groups is 1. The minimum absolute atomic E-state index is 0.103. The first-order chi connectivity index (χ1) is 5.72. The Hall–Kier alpha value is -0.870. The molecule has 0 spiro atoms. The van der Waals surface area contributed by atoms with Crippen molar-refractivity contribution in [3.8, 4) is 0 Å². The fourth-order valence-corrected chi connectivity index (χ4v) is 0.477. The quantitative estimate of drug-likeness (QED) is 0.347. The lowest BCUT2D eigenvalue weighted by Gasteiger charge is -2.04. The highest BCUT2D eigenvalue weighted by Crippen LogP contribution is 1.89. The Balaban J connectivity index is 3.38. The van der Waals surface area contributed by atoms with Gasteiger partial charge in [0.25, 0.3) is 5.91 Å². The van der Waals surface area contributed by atoms with E-state index in [1.165, 1.54) is 0 Å². The molecular weight excluding hydrogens is 158 g/mol. The molecule has 0 heterocycles. The van der Waals surface area contributed by atoms with Gasteiger partial charge in [0, 0.05) is 5.57 Å². The Morgan fingerprint density at radius 3 is 2.83 bits per heavy atom. The number of unbranched alkanes of at least 4 members (excludes halogenated alkanes) is 1. The van der Waals surface area contributed by atoms with Crippen molar-refractivity contribution in [1.82, 2.24) is 5.48 Å². The highest BCUT2D eigenvalue weighted by atomic mass is 16.6. The Bertz CT molecular complexity index is 156. The van der Waals surface area contributed by atoms with Crippen molar-refractivity contribution in [3.05, 3.63) is 12.2 Å². The second-order valence-electron chi connectivity index (χ2n) is 2.39. The van der Waals surface area contributed by atoms with E-state index in [-0.39, 0.29) is 12.2 Å². The van der Waals surface area contributed by atoms with E-state index in [1.54, 1.807) is 0 Å². The molecule has 12 heavy (non-hydrogen) atoms. The van der Waals surface area contributed by atoms with E-state index >= 15 is 0 Å². The van der Waals surface area contributed by atoms with Gasteiger partial charge >= 0.3 is 0 Å². The number of hydroxylamine groups is 1. The lowest BCUT2D eigenvalue weighted by molar-refractivity contribution is -0.130. The molecule has 0 aliphatic rings. The molecule has 4 heteroatoms. The summed E-state index contributed by atoms with van der Waals surface area (Å²) in [6.45, 7) is 5.50. The van der Waals surface area contributed by atoms with Gasteiger partial charge in [0.15, 0.2) is 0 Å². The van der Waals surface area contributed by atoms with Crippen LogP contribution >= 0.6 is 0 Å². The molecular formula is C8H15NO3. The monoisotopic (exact) mass is 173 g/mol. The first-order valence-electron chi connectivity index (χ1n) is 3.93. The fraction of sp³-hybridized carbons (Fsp3) is 0.625. The summed E-state index contributed by atoms with van der Waals surface area (Å²) < 4.78 is 0. The van der Waals surface area contributed by atoms with Gasteiger partial charge in [-0.2, -0.15) is 0 Å². The maximum atomic E-state index is 10.8. The lowest BCUT2D eigenvalue weighted by atomic mass is 10.3. The molecule has 0 atom stereocenters. The summed E-state index contributed by atoms with van der Waals surface area (Å²) in [6, 6.07) is 0. The number of hydrogen-bond donors (Lipinski definition) is 2. The molecule has 0 aromatic heterocycles. The molecule has 0 rings (SSSR count). The van der Waals surface area contributed by atoms with Gasteiger partial charge in [-0.3, -0.25) is 9.63 Å². The van der Waals surface area contributed by atoms with Crippen LogP contribution in [0.1, 0.15) is 19.8 Å². The zero-order chi connectivity index (χ0) is 9.40. The number of carbonyl (C=O) groups is 1. The van der Waals surface area contributed by atoms with Crippen molar-refractivity contribution in [2.45, 2.75) is 19.8 Å². The van der Waals surface area contributed by atoms with Crippen LogP contribution in [0.3, 0.4) is 0 Å². The van der Waals surface area contributed by atoms with Gasteiger partial charge in [-0.1, -0.05) is 19.9 Å². The summed E-state index contributed by atoms with van der Waals surface area (Å²) in [5.41, 5.74) is 2.27. The van der Waals surface area contributed by atoms with Crippen LogP contribution < -0.4 is 5.48 Å². The average Bonchev–Trinajstić information content (AvgIpc) is 2.10. The Morgan fingerprint density at radius 2 is 2.33 bits per heavy atom. The average molecular weight is 173 g/mol. The van der Waals surface area contributed by atoms with E-state index in [1.807, 2.05) is 6.92 Å². The first-order valence-corrected chi connectivity index (χ1v) is 3.93. The van der Waals surface area contributed by atoms with E-state index in [0.29, 0.717) is 6.61 Å². The maximum Gasteiger partial charge on any atom is 0.272 e. The molecule has 0 aromatic rings. The Kier molecular flexibility index (Phi) is 6.32. The molecule has 70 valence electrons. The summed E-state index contributed by atoms with van der Waals surface area (Å²) in [5, 5.41) is 8.49. The third-order valence-electron chi connectivity index (χ3n) is 1.28. The number of carbonyl (C=O) groups excluding carboxylic acids is 1. The van der Waals surface area contributed by atoms with E-state index in [2.05, 4.69) is 12.1 Å². The third kappa shape index (κ3) is 4.87. The molecule has 0 bridgehead atoms. The molecule has 0 saturated carbocycles. The molecule has 2 N–H and O–H groups in total. The van der Waals surface area contributed by atoms with Gasteiger partial charge in [-0.15, -0.1) is 0 Å². The third-order valence-corrected chi connectivity index (χ3v) is 1.28. The van der Waals surface area contributed by atoms with Crippen LogP contribution in [0, 0.1) is 0 Å². The van der Waals surface area contributed by atoms with Crippen molar-refractivity contribution in [3.63, 3.8) is 0 Å². The fourth-order valence-electron chi connectivity index (χ4n) is 0.477. The second-order valence-corrected chi connectivity index (χ2v) is 2.39. The van der Waals surface area contributed by atoms with Gasteiger partial charge in [0.1, 0.15) is 0 Å². The summed E-state index contributed by atoms with van der Waals surface area (Å²) in [6.07, 6.45) is 1.91. The largest absolute Gasteiger partial charge is 0.391 e. The molecule has 0 saturated heterocycles. The number of amides is 1. The van der Waals surface area contributed by atoms with Crippen molar-refractivity contribution >= 4 is 5.91 Å². The Labute approximate surface area is 72.2 Å². The van der Waals surface area contributed by atoms with Crippen LogP contribution in [-0.2, 0) is 9.63 Å². The normalized spacial score (nSPS) is 9.50. The number of hydrogen-bond acceptors (Lipinski definition) is 3. The minimum atomic E-state index is -0.464. The predicted octanol–water partition coefficient (Wildman–Crippen LogP) is 0.383. The molecule has 0 unspecified atom stereocenters. The summed E-state index contributed by atoms with van der Waals surface area (Å²) in [7, 11) is 0. The summed E-state index contributed by atoms with van der Waals surface area (Å²) in [4.78, 5) is 15.6. The topological polar surface area (TPSA) is 58.6 Å². The zero-order valence-electron chi connectivity index (χ0n) is 7.30. The molecule has 0 aromatic carbocycles. The smallest absolute Gasteiger partial charge is 0.272 e. The highest BCUT2D eigenvalue weighted by molar-refractivity contribution is 5.92. The summed E-state index contributed by atoms with van der Waals surface area (Å²) >= 11 is 0. The van der Waals surface area contributed by atoms with E-state index in [4.69, 9.17) is 9.94 Å². The van der Waals surface area contributed by atoms with Crippen molar-refractivity contribution in [1.29, 1.82) is 0 Å². The van der Waals surface area contributed by atoms with Crippen molar-refractivity contribution in [2.75, 3.05) is 13.2 Å². The van der Waals surface area contributed by atoms with Gasteiger partial charge in [0.2, 0.25) is 0 Å².